The number of carbonyl (C=O) groups is 5. The molecule has 0 aromatic heterocycles. The van der Waals surface area contributed by atoms with Crippen molar-refractivity contribution in [3.8, 4) is 11.5 Å². The van der Waals surface area contributed by atoms with Crippen molar-refractivity contribution < 1.29 is 38.7 Å². The zero-order chi connectivity index (χ0) is 29.0. The maximum atomic E-state index is 13.1. The Balaban J connectivity index is 1.20. The number of rotatable bonds is 6. The van der Waals surface area contributed by atoms with E-state index in [0.29, 0.717) is 5.75 Å². The van der Waals surface area contributed by atoms with Crippen molar-refractivity contribution in [2.24, 2.45) is 0 Å². The van der Waals surface area contributed by atoms with Crippen molar-refractivity contribution in [3.05, 3.63) is 123 Å². The minimum atomic E-state index is -1.14. The van der Waals surface area contributed by atoms with E-state index in [9.17, 15) is 34.1 Å². The molecule has 2 heterocycles. The standard InChI is InChI=1S/C29H15N3O9/c33-25-21-11-7-18(32(39)40)13-23(21)27(35)31(25)17-5-8-19(9-6-17)41-20-10-12-22-24(14-20)28(36)30(26(22)34)16-3-1-15(2-4-16)29(37)38/h1-14H,(H,37,38). The number of non-ortho nitro benzene ring substituents is 1. The van der Waals surface area contributed by atoms with E-state index in [2.05, 4.69) is 0 Å². The lowest BCUT2D eigenvalue weighted by Gasteiger charge is -2.14. The first kappa shape index (κ1) is 25.1. The van der Waals surface area contributed by atoms with E-state index in [1.807, 2.05) is 0 Å². The summed E-state index contributed by atoms with van der Waals surface area (Å²) >= 11 is 0. The van der Waals surface area contributed by atoms with Crippen molar-refractivity contribution in [1.82, 2.24) is 0 Å². The predicted molar refractivity (Wildman–Crippen MR) is 142 cm³/mol. The summed E-state index contributed by atoms with van der Waals surface area (Å²) in [7, 11) is 0. The Labute approximate surface area is 229 Å². The van der Waals surface area contributed by atoms with Crippen LogP contribution in [-0.4, -0.2) is 39.6 Å². The summed E-state index contributed by atoms with van der Waals surface area (Å²) in [6.07, 6.45) is 0. The number of nitro groups is 1. The number of anilines is 2. The van der Waals surface area contributed by atoms with Crippen LogP contribution in [0.5, 0.6) is 11.5 Å². The number of imide groups is 2. The van der Waals surface area contributed by atoms with E-state index in [1.165, 1.54) is 72.8 Å². The van der Waals surface area contributed by atoms with Gasteiger partial charge in [0.25, 0.3) is 29.3 Å². The van der Waals surface area contributed by atoms with Crippen molar-refractivity contribution in [2.45, 2.75) is 0 Å². The smallest absolute Gasteiger partial charge is 0.335 e. The maximum Gasteiger partial charge on any atom is 0.335 e. The molecule has 41 heavy (non-hydrogen) atoms. The average molecular weight is 549 g/mol. The molecule has 0 bridgehead atoms. The largest absolute Gasteiger partial charge is 0.478 e. The number of benzene rings is 4. The highest BCUT2D eigenvalue weighted by Gasteiger charge is 2.38. The molecule has 6 rings (SSSR count). The van der Waals surface area contributed by atoms with E-state index >= 15 is 0 Å². The number of nitrogens with zero attached hydrogens (tertiary/aromatic N) is 3. The zero-order valence-electron chi connectivity index (χ0n) is 20.6. The molecule has 4 amide bonds. The van der Waals surface area contributed by atoms with Gasteiger partial charge in [0.1, 0.15) is 11.5 Å². The molecular weight excluding hydrogens is 534 g/mol. The van der Waals surface area contributed by atoms with Gasteiger partial charge in [0, 0.05) is 12.1 Å². The van der Waals surface area contributed by atoms with Gasteiger partial charge < -0.3 is 9.84 Å². The highest BCUT2D eigenvalue weighted by molar-refractivity contribution is 6.35. The Hall–Kier alpha value is -6.17. The number of ether oxygens (including phenoxy) is 1. The summed E-state index contributed by atoms with van der Waals surface area (Å²) in [5.41, 5.74) is 0.423. The summed E-state index contributed by atoms with van der Waals surface area (Å²) in [5.74, 6) is -3.05. The number of carboxylic acid groups (broad SMARTS) is 1. The van der Waals surface area contributed by atoms with Crippen LogP contribution in [0.3, 0.4) is 0 Å². The summed E-state index contributed by atoms with van der Waals surface area (Å²) in [6.45, 7) is 0. The van der Waals surface area contributed by atoms with Gasteiger partial charge in [0.05, 0.1) is 44.1 Å². The van der Waals surface area contributed by atoms with Crippen molar-refractivity contribution in [1.29, 1.82) is 0 Å². The van der Waals surface area contributed by atoms with E-state index in [4.69, 9.17) is 9.84 Å². The third kappa shape index (κ3) is 4.06. The van der Waals surface area contributed by atoms with Crippen LogP contribution in [0.2, 0.25) is 0 Å². The zero-order valence-corrected chi connectivity index (χ0v) is 20.6. The fraction of sp³-hybridized carbons (Fsp3) is 0. The molecular formula is C29H15N3O9. The topological polar surface area (TPSA) is 164 Å². The highest BCUT2D eigenvalue weighted by Crippen LogP contribution is 2.35. The number of amides is 4. The van der Waals surface area contributed by atoms with Crippen LogP contribution in [0, 0.1) is 10.1 Å². The number of hydrogen-bond acceptors (Lipinski definition) is 8. The van der Waals surface area contributed by atoms with Gasteiger partial charge in [-0.25, -0.2) is 14.6 Å². The van der Waals surface area contributed by atoms with Gasteiger partial charge in [-0.05, 0) is 72.8 Å². The van der Waals surface area contributed by atoms with Crippen LogP contribution in [0.25, 0.3) is 0 Å². The summed E-state index contributed by atoms with van der Waals surface area (Å²) in [5, 5.41) is 20.1. The predicted octanol–water partition coefficient (Wildman–Crippen LogP) is 4.69. The lowest BCUT2D eigenvalue weighted by molar-refractivity contribution is -0.384. The van der Waals surface area contributed by atoms with E-state index in [-0.39, 0.29) is 50.6 Å². The second kappa shape index (κ2) is 9.24. The molecule has 4 aromatic rings. The molecule has 0 unspecified atom stereocenters. The minimum Gasteiger partial charge on any atom is -0.478 e. The van der Waals surface area contributed by atoms with Gasteiger partial charge in [-0.2, -0.15) is 0 Å². The van der Waals surface area contributed by atoms with Crippen LogP contribution in [0.4, 0.5) is 17.1 Å². The fourth-order valence-electron chi connectivity index (χ4n) is 4.65. The number of fused-ring (bicyclic) bond motifs is 2. The number of hydrogen-bond donors (Lipinski definition) is 1. The Morgan fingerprint density at radius 2 is 1.10 bits per heavy atom. The summed E-state index contributed by atoms with van der Waals surface area (Å²) in [6, 6.07) is 19.1. The fourth-order valence-corrected chi connectivity index (χ4v) is 4.65. The quantitative estimate of drug-likeness (QED) is 0.204. The first-order valence-corrected chi connectivity index (χ1v) is 12.0. The monoisotopic (exact) mass is 549 g/mol. The van der Waals surface area contributed by atoms with Crippen LogP contribution in [-0.2, 0) is 0 Å². The van der Waals surface area contributed by atoms with Gasteiger partial charge in [-0.1, -0.05) is 0 Å². The lowest BCUT2D eigenvalue weighted by Crippen LogP contribution is -2.29. The third-order valence-electron chi connectivity index (χ3n) is 6.64. The molecule has 2 aliphatic heterocycles. The molecule has 0 aliphatic carbocycles. The third-order valence-corrected chi connectivity index (χ3v) is 6.64. The van der Waals surface area contributed by atoms with Gasteiger partial charge >= 0.3 is 5.97 Å². The van der Waals surface area contributed by atoms with Crippen LogP contribution >= 0.6 is 0 Å². The molecule has 0 radical (unpaired) electrons. The molecule has 1 N–H and O–H groups in total. The van der Waals surface area contributed by atoms with Gasteiger partial charge in [-0.15, -0.1) is 0 Å². The van der Waals surface area contributed by atoms with E-state index < -0.39 is 34.5 Å². The second-order valence-electron chi connectivity index (χ2n) is 9.03. The molecule has 0 spiro atoms. The Morgan fingerprint density at radius 3 is 1.63 bits per heavy atom. The number of nitro benzene ring substituents is 1. The molecule has 12 heteroatoms. The van der Waals surface area contributed by atoms with Gasteiger partial charge in [0.2, 0.25) is 0 Å². The number of aromatic carboxylic acids is 1. The molecule has 0 atom stereocenters. The molecule has 200 valence electrons. The summed E-state index contributed by atoms with van der Waals surface area (Å²) in [4.78, 5) is 75.0. The van der Waals surface area contributed by atoms with Crippen molar-refractivity contribution >= 4 is 46.7 Å². The van der Waals surface area contributed by atoms with Gasteiger partial charge in [-0.3, -0.25) is 29.3 Å². The molecule has 12 nitrogen and oxygen atoms in total. The van der Waals surface area contributed by atoms with E-state index in [0.717, 1.165) is 21.9 Å². The van der Waals surface area contributed by atoms with Crippen LogP contribution in [0.15, 0.2) is 84.9 Å². The lowest BCUT2D eigenvalue weighted by atomic mass is 10.1. The SMILES string of the molecule is O=C(O)c1ccc(N2C(=O)c3ccc(Oc4ccc(N5C(=O)c6ccc([N+](=O)[O-])cc6C5=O)cc4)cc3C2=O)cc1. The number of carbonyl (C=O) groups excluding carboxylic acids is 4. The maximum absolute atomic E-state index is 13.1. The van der Waals surface area contributed by atoms with Crippen molar-refractivity contribution in [2.75, 3.05) is 9.80 Å². The average Bonchev–Trinajstić information content (AvgIpc) is 3.37. The van der Waals surface area contributed by atoms with Crippen LogP contribution in [0.1, 0.15) is 51.8 Å². The van der Waals surface area contributed by atoms with Crippen molar-refractivity contribution in [3.63, 3.8) is 0 Å². The first-order valence-electron chi connectivity index (χ1n) is 12.0. The minimum absolute atomic E-state index is 0.0130. The van der Waals surface area contributed by atoms with Gasteiger partial charge in [0.15, 0.2) is 0 Å². The Morgan fingerprint density at radius 1 is 0.634 bits per heavy atom. The molecule has 0 fully saturated rings. The number of carboxylic acids is 1. The molecule has 2 aliphatic rings. The normalized spacial score (nSPS) is 13.9. The highest BCUT2D eigenvalue weighted by atomic mass is 16.6. The molecule has 4 aromatic carbocycles. The first-order chi connectivity index (χ1) is 19.6. The van der Waals surface area contributed by atoms with E-state index in [1.54, 1.807) is 0 Å². The Kier molecular flexibility index (Phi) is 5.66. The Bertz CT molecular complexity index is 1850. The van der Waals surface area contributed by atoms with Crippen LogP contribution < -0.4 is 14.5 Å². The summed E-state index contributed by atoms with van der Waals surface area (Å²) < 4.78 is 5.83. The molecule has 0 saturated carbocycles. The second-order valence-corrected chi connectivity index (χ2v) is 9.03. The molecule has 0 saturated heterocycles.